The molecule has 1 saturated carbocycles. The lowest BCUT2D eigenvalue weighted by atomic mass is 10.1. The first-order valence-corrected chi connectivity index (χ1v) is 8.31. The molecule has 126 valence electrons. The maximum absolute atomic E-state index is 12.1. The number of hydrogen-bond donors (Lipinski definition) is 2. The number of hydrogen-bond acceptors (Lipinski definition) is 5. The highest BCUT2D eigenvalue weighted by molar-refractivity contribution is 5.98. The number of carbonyl (C=O) groups excluding carboxylic acids is 1. The minimum absolute atomic E-state index is 0.0321. The monoisotopic (exact) mass is 333 g/mol. The van der Waals surface area contributed by atoms with Crippen molar-refractivity contribution >= 4 is 28.3 Å². The molecular weight excluding hydrogens is 314 g/mol. The number of anilines is 2. The molecular formula is C19H19N5O. The van der Waals surface area contributed by atoms with E-state index in [1.54, 1.807) is 18.6 Å². The summed E-state index contributed by atoms with van der Waals surface area (Å²) < 4.78 is 0. The van der Waals surface area contributed by atoms with Crippen LogP contribution in [0.1, 0.15) is 18.9 Å². The van der Waals surface area contributed by atoms with E-state index < -0.39 is 0 Å². The van der Waals surface area contributed by atoms with E-state index >= 15 is 0 Å². The Hall–Kier alpha value is -3.02. The Labute approximate surface area is 145 Å². The highest BCUT2D eigenvalue weighted by Gasteiger charge is 2.39. The minimum Gasteiger partial charge on any atom is -0.383 e. The fourth-order valence-corrected chi connectivity index (χ4v) is 3.02. The number of rotatable bonds is 3. The second-order valence-corrected chi connectivity index (χ2v) is 6.68. The third-order valence-electron chi connectivity index (χ3n) is 4.76. The Kier molecular flexibility index (Phi) is 3.60. The largest absolute Gasteiger partial charge is 0.383 e. The lowest BCUT2D eigenvalue weighted by Gasteiger charge is -2.10. The van der Waals surface area contributed by atoms with Crippen LogP contribution in [0.25, 0.3) is 22.0 Å². The Balaban J connectivity index is 1.73. The predicted octanol–water partition coefficient (Wildman–Crippen LogP) is 3.18. The van der Waals surface area contributed by atoms with Gasteiger partial charge in [-0.3, -0.25) is 9.78 Å². The summed E-state index contributed by atoms with van der Waals surface area (Å²) in [7, 11) is 0. The second-order valence-electron chi connectivity index (χ2n) is 6.68. The van der Waals surface area contributed by atoms with Crippen molar-refractivity contribution in [2.45, 2.75) is 20.3 Å². The Morgan fingerprint density at radius 3 is 2.84 bits per heavy atom. The SMILES string of the molecule is Cc1ccncc1-c1cc2cc(NC(=O)C3C[C@@H]3C)ncc2c(N)n1. The van der Waals surface area contributed by atoms with E-state index in [1.165, 1.54) is 0 Å². The van der Waals surface area contributed by atoms with Crippen LogP contribution in [0.3, 0.4) is 0 Å². The van der Waals surface area contributed by atoms with Gasteiger partial charge in [0.1, 0.15) is 11.6 Å². The molecule has 6 heteroatoms. The standard InChI is InChI=1S/C19H19N5O/c1-10-3-4-21-8-14(10)16-6-12-7-17(22-9-15(12)18(20)23-16)24-19(25)13-5-11(13)2/h3-4,6-9,11,13H,5H2,1-2H3,(H2,20,23)(H,22,24,25)/t11-,13?/m0/s1. The molecule has 6 nitrogen and oxygen atoms in total. The normalized spacial score (nSPS) is 19.0. The molecule has 1 unspecified atom stereocenters. The van der Waals surface area contributed by atoms with Gasteiger partial charge in [-0.15, -0.1) is 0 Å². The molecule has 0 radical (unpaired) electrons. The van der Waals surface area contributed by atoms with Gasteiger partial charge in [-0.05, 0) is 48.4 Å². The van der Waals surface area contributed by atoms with Gasteiger partial charge in [-0.1, -0.05) is 6.92 Å². The number of nitrogens with zero attached hydrogens (tertiary/aromatic N) is 3. The zero-order valence-corrected chi connectivity index (χ0v) is 14.2. The minimum atomic E-state index is 0.0321. The van der Waals surface area contributed by atoms with Crippen molar-refractivity contribution < 1.29 is 4.79 Å². The average Bonchev–Trinajstić information content (AvgIpc) is 3.32. The molecule has 0 aromatic carbocycles. The second kappa shape index (κ2) is 5.81. The summed E-state index contributed by atoms with van der Waals surface area (Å²) in [5.41, 5.74) is 8.88. The molecule has 0 bridgehead atoms. The predicted molar refractivity (Wildman–Crippen MR) is 97.8 cm³/mol. The summed E-state index contributed by atoms with van der Waals surface area (Å²) in [5, 5.41) is 4.55. The fourth-order valence-electron chi connectivity index (χ4n) is 3.02. The van der Waals surface area contributed by atoms with E-state index in [0.717, 1.165) is 34.0 Å². The van der Waals surface area contributed by atoms with Crippen molar-refractivity contribution in [1.29, 1.82) is 0 Å². The molecule has 3 aromatic rings. The topological polar surface area (TPSA) is 93.8 Å². The van der Waals surface area contributed by atoms with Crippen molar-refractivity contribution in [2.24, 2.45) is 11.8 Å². The molecule has 3 N–H and O–H groups in total. The Morgan fingerprint density at radius 1 is 1.32 bits per heavy atom. The molecule has 1 fully saturated rings. The summed E-state index contributed by atoms with van der Waals surface area (Å²) in [6.07, 6.45) is 6.13. The van der Waals surface area contributed by atoms with Gasteiger partial charge in [-0.25, -0.2) is 9.97 Å². The number of nitrogens with two attached hydrogens (primary N) is 1. The zero-order chi connectivity index (χ0) is 17.6. The van der Waals surface area contributed by atoms with E-state index in [1.807, 2.05) is 25.1 Å². The maximum Gasteiger partial charge on any atom is 0.228 e. The summed E-state index contributed by atoms with van der Waals surface area (Å²) in [4.78, 5) is 25.1. The van der Waals surface area contributed by atoms with Gasteiger partial charge in [0, 0.05) is 35.5 Å². The van der Waals surface area contributed by atoms with E-state index in [9.17, 15) is 4.79 Å². The lowest BCUT2D eigenvalue weighted by molar-refractivity contribution is -0.117. The first kappa shape index (κ1) is 15.5. The van der Waals surface area contributed by atoms with Crippen molar-refractivity contribution in [3.63, 3.8) is 0 Å². The van der Waals surface area contributed by atoms with E-state index in [-0.39, 0.29) is 11.8 Å². The third kappa shape index (κ3) is 2.91. The molecule has 3 heterocycles. The van der Waals surface area contributed by atoms with Gasteiger partial charge in [-0.2, -0.15) is 0 Å². The number of fused-ring (bicyclic) bond motifs is 1. The number of nitrogens with one attached hydrogen (secondary N) is 1. The van der Waals surface area contributed by atoms with Crippen LogP contribution in [0.4, 0.5) is 11.6 Å². The van der Waals surface area contributed by atoms with Crippen LogP contribution >= 0.6 is 0 Å². The first-order valence-electron chi connectivity index (χ1n) is 8.31. The van der Waals surface area contributed by atoms with Crippen LogP contribution in [0.15, 0.2) is 36.8 Å². The van der Waals surface area contributed by atoms with Crippen molar-refractivity contribution in [2.75, 3.05) is 11.1 Å². The van der Waals surface area contributed by atoms with Gasteiger partial charge in [0.15, 0.2) is 0 Å². The maximum atomic E-state index is 12.1. The van der Waals surface area contributed by atoms with Crippen molar-refractivity contribution in [3.05, 3.63) is 42.4 Å². The zero-order valence-electron chi connectivity index (χ0n) is 14.2. The summed E-state index contributed by atoms with van der Waals surface area (Å²) >= 11 is 0. The van der Waals surface area contributed by atoms with E-state index in [2.05, 4.69) is 27.2 Å². The van der Waals surface area contributed by atoms with Gasteiger partial charge in [0.2, 0.25) is 5.91 Å². The van der Waals surface area contributed by atoms with Crippen LogP contribution in [0.5, 0.6) is 0 Å². The molecule has 1 aliphatic rings. The number of aromatic nitrogens is 3. The molecule has 0 aliphatic heterocycles. The van der Waals surface area contributed by atoms with Gasteiger partial charge < -0.3 is 11.1 Å². The number of nitrogen functional groups attached to an aromatic ring is 1. The smallest absolute Gasteiger partial charge is 0.228 e. The highest BCUT2D eigenvalue weighted by Crippen LogP contribution is 2.38. The Morgan fingerprint density at radius 2 is 2.12 bits per heavy atom. The van der Waals surface area contributed by atoms with Gasteiger partial charge in [0.05, 0.1) is 5.69 Å². The summed E-state index contributed by atoms with van der Waals surface area (Å²) in [5.74, 6) is 1.55. The third-order valence-corrected chi connectivity index (χ3v) is 4.76. The summed E-state index contributed by atoms with van der Waals surface area (Å²) in [6.45, 7) is 4.08. The van der Waals surface area contributed by atoms with Crippen LogP contribution in [0, 0.1) is 18.8 Å². The highest BCUT2D eigenvalue weighted by atomic mass is 16.2. The van der Waals surface area contributed by atoms with Crippen LogP contribution < -0.4 is 11.1 Å². The molecule has 0 spiro atoms. The summed E-state index contributed by atoms with van der Waals surface area (Å²) in [6, 6.07) is 5.73. The van der Waals surface area contributed by atoms with Crippen LogP contribution in [-0.2, 0) is 4.79 Å². The van der Waals surface area contributed by atoms with Crippen molar-refractivity contribution in [3.8, 4) is 11.3 Å². The quantitative estimate of drug-likeness (QED) is 0.768. The number of pyridine rings is 3. The molecule has 4 rings (SSSR count). The van der Waals surface area contributed by atoms with E-state index in [0.29, 0.717) is 17.6 Å². The molecule has 25 heavy (non-hydrogen) atoms. The molecule has 3 aromatic heterocycles. The Bertz CT molecular complexity index is 985. The number of carbonyl (C=O) groups is 1. The number of amides is 1. The number of aryl methyl sites for hydroxylation is 1. The van der Waals surface area contributed by atoms with Crippen LogP contribution in [0.2, 0.25) is 0 Å². The van der Waals surface area contributed by atoms with E-state index in [4.69, 9.17) is 5.73 Å². The van der Waals surface area contributed by atoms with Gasteiger partial charge in [0.25, 0.3) is 0 Å². The van der Waals surface area contributed by atoms with Gasteiger partial charge >= 0.3 is 0 Å². The molecule has 0 saturated heterocycles. The van der Waals surface area contributed by atoms with Crippen LogP contribution in [-0.4, -0.2) is 20.9 Å². The molecule has 1 amide bonds. The lowest BCUT2D eigenvalue weighted by Crippen LogP contribution is -2.15. The first-order chi connectivity index (χ1) is 12.0. The average molecular weight is 333 g/mol. The fraction of sp³-hybridized carbons (Fsp3) is 0.263. The van der Waals surface area contributed by atoms with Crippen molar-refractivity contribution in [1.82, 2.24) is 15.0 Å². The molecule has 1 aliphatic carbocycles. The molecule has 2 atom stereocenters.